The van der Waals surface area contributed by atoms with Crippen molar-refractivity contribution < 1.29 is 23.2 Å². The second-order valence-electron chi connectivity index (χ2n) is 4.63. The number of nitro benzene ring substituents is 1. The minimum Gasteiger partial charge on any atom is -0.480 e. The second kappa shape index (κ2) is 5.70. The summed E-state index contributed by atoms with van der Waals surface area (Å²) in [6.07, 6.45) is 0.526. The van der Waals surface area contributed by atoms with E-state index in [0.717, 1.165) is 22.5 Å². The number of hydrogen-bond donors (Lipinski definition) is 1. The first kappa shape index (κ1) is 15.9. The van der Waals surface area contributed by atoms with E-state index in [0.29, 0.717) is 6.42 Å². The van der Waals surface area contributed by atoms with Crippen LogP contribution < -0.4 is 0 Å². The highest BCUT2D eigenvalue weighted by Gasteiger charge is 2.41. The third-order valence-corrected chi connectivity index (χ3v) is 5.34. The maximum Gasteiger partial charge on any atom is 0.322 e. The second-order valence-corrected chi connectivity index (χ2v) is 6.49. The van der Waals surface area contributed by atoms with Crippen molar-refractivity contribution in [1.29, 1.82) is 5.26 Å². The molecule has 0 bridgehead atoms. The number of hydrogen-bond acceptors (Lipinski definition) is 6. The van der Waals surface area contributed by atoms with Crippen molar-refractivity contribution in [2.24, 2.45) is 0 Å². The van der Waals surface area contributed by atoms with Crippen LogP contribution in [-0.2, 0) is 14.8 Å². The van der Waals surface area contributed by atoms with E-state index in [9.17, 15) is 23.3 Å². The lowest BCUT2D eigenvalue weighted by atomic mass is 10.2. The van der Waals surface area contributed by atoms with Gasteiger partial charge >= 0.3 is 5.97 Å². The number of carboxylic acids is 1. The molecule has 1 aromatic carbocycles. The number of carbonyl (C=O) groups is 1. The summed E-state index contributed by atoms with van der Waals surface area (Å²) >= 11 is 0. The maximum absolute atomic E-state index is 12.6. The third-order valence-electron chi connectivity index (χ3n) is 3.39. The van der Waals surface area contributed by atoms with Gasteiger partial charge in [-0.15, -0.1) is 0 Å². The van der Waals surface area contributed by atoms with Gasteiger partial charge in [0.15, 0.2) is 0 Å². The highest BCUT2D eigenvalue weighted by atomic mass is 32.2. The molecule has 9 nitrogen and oxygen atoms in total. The molecule has 0 unspecified atom stereocenters. The topological polar surface area (TPSA) is 142 Å². The van der Waals surface area contributed by atoms with Crippen LogP contribution in [0.5, 0.6) is 0 Å². The molecule has 1 N–H and O–H groups in total. The van der Waals surface area contributed by atoms with E-state index < -0.39 is 43.1 Å². The smallest absolute Gasteiger partial charge is 0.322 e. The van der Waals surface area contributed by atoms with Gasteiger partial charge in [0, 0.05) is 12.6 Å². The molecular formula is C12H11N3O6S. The maximum atomic E-state index is 12.6. The number of carboxylic acid groups (broad SMARTS) is 1. The van der Waals surface area contributed by atoms with Gasteiger partial charge in [0.1, 0.15) is 22.6 Å². The minimum atomic E-state index is -4.31. The van der Waals surface area contributed by atoms with Gasteiger partial charge in [-0.25, -0.2) is 8.42 Å². The summed E-state index contributed by atoms with van der Waals surface area (Å²) in [5.41, 5.74) is -1.22. The summed E-state index contributed by atoms with van der Waals surface area (Å²) in [5.74, 6) is -1.29. The monoisotopic (exact) mass is 325 g/mol. The van der Waals surface area contributed by atoms with E-state index in [4.69, 9.17) is 10.4 Å². The van der Waals surface area contributed by atoms with Crippen LogP contribution in [0.4, 0.5) is 5.69 Å². The zero-order valence-electron chi connectivity index (χ0n) is 11.2. The van der Waals surface area contributed by atoms with Crippen molar-refractivity contribution >= 4 is 21.7 Å². The molecule has 0 radical (unpaired) electrons. The lowest BCUT2D eigenvalue weighted by molar-refractivity contribution is -0.385. The zero-order valence-corrected chi connectivity index (χ0v) is 12.0. The quantitative estimate of drug-likeness (QED) is 0.634. The normalized spacial score (nSPS) is 18.8. The van der Waals surface area contributed by atoms with Crippen molar-refractivity contribution in [2.45, 2.75) is 23.8 Å². The molecule has 2 rings (SSSR count). The van der Waals surface area contributed by atoms with E-state index in [1.165, 1.54) is 6.07 Å². The van der Waals surface area contributed by atoms with Gasteiger partial charge in [0.2, 0.25) is 10.0 Å². The summed E-state index contributed by atoms with van der Waals surface area (Å²) in [6, 6.07) is 3.54. The Labute approximate surface area is 125 Å². The molecule has 1 aliphatic heterocycles. The van der Waals surface area contributed by atoms with Crippen LogP contribution in [-0.4, -0.2) is 41.3 Å². The Morgan fingerprint density at radius 3 is 2.73 bits per heavy atom. The molecule has 1 fully saturated rings. The van der Waals surface area contributed by atoms with Crippen LogP contribution in [0.2, 0.25) is 0 Å². The van der Waals surface area contributed by atoms with Crippen LogP contribution in [0, 0.1) is 21.4 Å². The van der Waals surface area contributed by atoms with E-state index in [1.54, 1.807) is 0 Å². The average molecular weight is 325 g/mol. The highest BCUT2D eigenvalue weighted by molar-refractivity contribution is 7.89. The van der Waals surface area contributed by atoms with Crippen LogP contribution in [0.15, 0.2) is 23.1 Å². The van der Waals surface area contributed by atoms with Crippen molar-refractivity contribution in [3.05, 3.63) is 33.9 Å². The molecule has 1 saturated heterocycles. The van der Waals surface area contributed by atoms with E-state index >= 15 is 0 Å². The Kier molecular flexibility index (Phi) is 4.11. The van der Waals surface area contributed by atoms with Crippen molar-refractivity contribution in [2.75, 3.05) is 6.54 Å². The van der Waals surface area contributed by atoms with Gasteiger partial charge in [0.25, 0.3) is 5.69 Å². The summed E-state index contributed by atoms with van der Waals surface area (Å²) in [6.45, 7) is -0.00708. The fourth-order valence-electron chi connectivity index (χ4n) is 2.40. The number of sulfonamides is 1. The van der Waals surface area contributed by atoms with Crippen LogP contribution in [0.25, 0.3) is 0 Å². The summed E-state index contributed by atoms with van der Waals surface area (Å²) < 4.78 is 26.0. The van der Waals surface area contributed by atoms with Gasteiger partial charge in [-0.2, -0.15) is 9.57 Å². The summed E-state index contributed by atoms with van der Waals surface area (Å²) in [4.78, 5) is 20.7. The molecule has 0 aliphatic carbocycles. The van der Waals surface area contributed by atoms with Crippen molar-refractivity contribution in [3.63, 3.8) is 0 Å². The summed E-state index contributed by atoms with van der Waals surface area (Å²) in [5, 5.41) is 29.1. The number of nitro groups is 1. The average Bonchev–Trinajstić information content (AvgIpc) is 2.96. The zero-order chi connectivity index (χ0) is 16.5. The number of benzene rings is 1. The molecule has 1 atom stereocenters. The Balaban J connectivity index is 2.60. The molecule has 0 spiro atoms. The Bertz CT molecular complexity index is 783. The molecule has 116 valence electrons. The SMILES string of the molecule is N#Cc1c([N+](=O)[O-])cccc1S(=O)(=O)N1CCC[C@H]1C(=O)O. The van der Waals surface area contributed by atoms with Gasteiger partial charge in [0.05, 0.1) is 4.92 Å². The first-order chi connectivity index (χ1) is 10.3. The number of aliphatic carboxylic acids is 1. The molecule has 1 aromatic rings. The van der Waals surface area contributed by atoms with Crippen LogP contribution in [0.1, 0.15) is 18.4 Å². The van der Waals surface area contributed by atoms with Gasteiger partial charge < -0.3 is 5.11 Å². The van der Waals surface area contributed by atoms with Crippen LogP contribution >= 0.6 is 0 Å². The first-order valence-electron chi connectivity index (χ1n) is 6.23. The fraction of sp³-hybridized carbons (Fsp3) is 0.333. The largest absolute Gasteiger partial charge is 0.480 e. The molecule has 0 amide bonds. The number of nitrogens with zero attached hydrogens (tertiary/aromatic N) is 3. The van der Waals surface area contributed by atoms with Crippen molar-refractivity contribution in [3.8, 4) is 6.07 Å². The van der Waals surface area contributed by atoms with Crippen molar-refractivity contribution in [1.82, 2.24) is 4.31 Å². The predicted molar refractivity (Wildman–Crippen MR) is 72.4 cm³/mol. The van der Waals surface area contributed by atoms with E-state index in [1.807, 2.05) is 0 Å². The Hall–Kier alpha value is -2.51. The molecule has 0 saturated carbocycles. The third kappa shape index (κ3) is 2.51. The lowest BCUT2D eigenvalue weighted by Crippen LogP contribution is -2.40. The predicted octanol–water partition coefficient (Wildman–Crippen LogP) is 0.704. The highest BCUT2D eigenvalue weighted by Crippen LogP contribution is 2.31. The van der Waals surface area contributed by atoms with Crippen LogP contribution in [0.3, 0.4) is 0 Å². The summed E-state index contributed by atoms with van der Waals surface area (Å²) in [7, 11) is -4.31. The molecule has 10 heteroatoms. The van der Waals surface area contributed by atoms with E-state index in [2.05, 4.69) is 0 Å². The molecule has 1 heterocycles. The molecule has 1 aliphatic rings. The van der Waals surface area contributed by atoms with E-state index in [-0.39, 0.29) is 13.0 Å². The molecule has 22 heavy (non-hydrogen) atoms. The minimum absolute atomic E-state index is 0.00708. The Morgan fingerprint density at radius 2 is 2.18 bits per heavy atom. The molecule has 0 aromatic heterocycles. The lowest BCUT2D eigenvalue weighted by Gasteiger charge is -2.21. The standard InChI is InChI=1S/C12H11N3O6S/c13-7-8-9(15(18)19)3-1-5-11(8)22(20,21)14-6-2-4-10(14)12(16)17/h1,3,5,10H,2,4,6H2,(H,16,17)/t10-/m0/s1. The first-order valence-corrected chi connectivity index (χ1v) is 7.67. The fourth-order valence-corrected chi connectivity index (χ4v) is 4.21. The number of nitriles is 1. The van der Waals surface area contributed by atoms with Gasteiger partial charge in [-0.3, -0.25) is 14.9 Å². The molecular weight excluding hydrogens is 314 g/mol. The Morgan fingerprint density at radius 1 is 1.50 bits per heavy atom. The van der Waals surface area contributed by atoms with Gasteiger partial charge in [-0.1, -0.05) is 6.07 Å². The number of rotatable bonds is 4. The van der Waals surface area contributed by atoms with Gasteiger partial charge in [-0.05, 0) is 18.9 Å².